The van der Waals surface area contributed by atoms with Crippen LogP contribution in [0.15, 0.2) is 29.3 Å². The van der Waals surface area contributed by atoms with E-state index in [-0.39, 0.29) is 12.0 Å². The summed E-state index contributed by atoms with van der Waals surface area (Å²) in [6.45, 7) is 4.25. The smallest absolute Gasteiger partial charge is 0.253 e. The lowest BCUT2D eigenvalue weighted by Crippen LogP contribution is -2.37. The molecule has 1 saturated heterocycles. The number of rotatable bonds is 4. The minimum atomic E-state index is -0.305. The molecule has 1 fully saturated rings. The maximum atomic E-state index is 12.0. The summed E-state index contributed by atoms with van der Waals surface area (Å²) in [5, 5.41) is 9.45. The van der Waals surface area contributed by atoms with Crippen molar-refractivity contribution in [2.75, 3.05) is 18.5 Å². The van der Waals surface area contributed by atoms with Crippen LogP contribution in [0.5, 0.6) is 0 Å². The Bertz CT molecular complexity index is 567. The summed E-state index contributed by atoms with van der Waals surface area (Å²) >= 11 is 0. The SMILES string of the molecule is CC1CN=C(NCc2cccc(NC(=O)C3CCCO3)c2)N1. The van der Waals surface area contributed by atoms with Gasteiger partial charge in [-0.1, -0.05) is 12.1 Å². The Kier molecular flexibility index (Phi) is 4.58. The van der Waals surface area contributed by atoms with Crippen LogP contribution in [0.25, 0.3) is 0 Å². The van der Waals surface area contributed by atoms with E-state index in [1.54, 1.807) is 0 Å². The Labute approximate surface area is 130 Å². The fraction of sp³-hybridized carbons (Fsp3) is 0.500. The molecule has 1 amide bonds. The van der Waals surface area contributed by atoms with Gasteiger partial charge < -0.3 is 20.7 Å². The molecule has 0 aromatic heterocycles. The number of guanidine groups is 1. The standard InChI is InChI=1S/C16H22N4O2/c1-11-9-17-16(19-11)18-10-12-4-2-5-13(8-12)20-15(21)14-6-3-7-22-14/h2,4-5,8,11,14H,3,6-7,9-10H2,1H3,(H,20,21)(H2,17,18,19). The van der Waals surface area contributed by atoms with Crippen molar-refractivity contribution in [1.82, 2.24) is 10.6 Å². The second-order valence-corrected chi connectivity index (χ2v) is 5.78. The summed E-state index contributed by atoms with van der Waals surface area (Å²) in [6, 6.07) is 8.21. The zero-order valence-electron chi connectivity index (χ0n) is 12.8. The fourth-order valence-electron chi connectivity index (χ4n) is 2.61. The van der Waals surface area contributed by atoms with Crippen LogP contribution in [-0.4, -0.2) is 37.2 Å². The molecule has 6 nitrogen and oxygen atoms in total. The van der Waals surface area contributed by atoms with Crippen molar-refractivity contribution < 1.29 is 9.53 Å². The molecular weight excluding hydrogens is 280 g/mol. The average molecular weight is 302 g/mol. The average Bonchev–Trinajstić information content (AvgIpc) is 3.17. The summed E-state index contributed by atoms with van der Waals surface area (Å²) in [4.78, 5) is 16.4. The lowest BCUT2D eigenvalue weighted by Gasteiger charge is -2.12. The number of carbonyl (C=O) groups excluding carboxylic acids is 1. The molecule has 118 valence electrons. The largest absolute Gasteiger partial charge is 0.368 e. The minimum Gasteiger partial charge on any atom is -0.368 e. The number of hydrogen-bond acceptors (Lipinski definition) is 5. The monoisotopic (exact) mass is 302 g/mol. The van der Waals surface area contributed by atoms with Crippen LogP contribution in [0.3, 0.4) is 0 Å². The predicted octanol–water partition coefficient (Wildman–Crippen LogP) is 1.24. The molecule has 1 aromatic rings. The maximum Gasteiger partial charge on any atom is 0.253 e. The molecule has 3 rings (SSSR count). The maximum absolute atomic E-state index is 12.0. The molecule has 2 aliphatic heterocycles. The van der Waals surface area contributed by atoms with Crippen LogP contribution < -0.4 is 16.0 Å². The summed E-state index contributed by atoms with van der Waals surface area (Å²) in [7, 11) is 0. The number of carbonyl (C=O) groups is 1. The molecule has 0 bridgehead atoms. The zero-order valence-corrected chi connectivity index (χ0v) is 12.8. The predicted molar refractivity (Wildman–Crippen MR) is 85.8 cm³/mol. The van der Waals surface area contributed by atoms with Gasteiger partial charge in [0.15, 0.2) is 5.96 Å². The first-order valence-electron chi connectivity index (χ1n) is 7.77. The number of benzene rings is 1. The Hall–Kier alpha value is -2.08. The van der Waals surface area contributed by atoms with Crippen LogP contribution in [0.2, 0.25) is 0 Å². The highest BCUT2D eigenvalue weighted by Crippen LogP contribution is 2.16. The lowest BCUT2D eigenvalue weighted by molar-refractivity contribution is -0.124. The van der Waals surface area contributed by atoms with Crippen LogP contribution in [-0.2, 0) is 16.1 Å². The van der Waals surface area contributed by atoms with Gasteiger partial charge in [-0.25, -0.2) is 0 Å². The van der Waals surface area contributed by atoms with Gasteiger partial charge >= 0.3 is 0 Å². The Morgan fingerprint density at radius 3 is 3.14 bits per heavy atom. The van der Waals surface area contributed by atoms with Crippen LogP contribution in [0, 0.1) is 0 Å². The second-order valence-electron chi connectivity index (χ2n) is 5.78. The summed E-state index contributed by atoms with van der Waals surface area (Å²) in [5.41, 5.74) is 1.89. The molecule has 0 spiro atoms. The number of hydrogen-bond donors (Lipinski definition) is 3. The molecular formula is C16H22N4O2. The van der Waals surface area contributed by atoms with Gasteiger partial charge in [-0.05, 0) is 37.5 Å². The first kappa shape index (κ1) is 14.8. The Balaban J connectivity index is 1.54. The van der Waals surface area contributed by atoms with Crippen molar-refractivity contribution in [2.45, 2.75) is 38.5 Å². The van der Waals surface area contributed by atoms with Crippen molar-refractivity contribution in [3.63, 3.8) is 0 Å². The van der Waals surface area contributed by atoms with Crippen molar-refractivity contribution in [3.8, 4) is 0 Å². The first-order chi connectivity index (χ1) is 10.7. The van der Waals surface area contributed by atoms with Gasteiger partial charge in [-0.15, -0.1) is 0 Å². The minimum absolute atomic E-state index is 0.0572. The number of aliphatic imine (C=N–C) groups is 1. The quantitative estimate of drug-likeness (QED) is 0.782. The van der Waals surface area contributed by atoms with Gasteiger partial charge in [0.2, 0.25) is 0 Å². The van der Waals surface area contributed by atoms with Crippen molar-refractivity contribution in [3.05, 3.63) is 29.8 Å². The third-order valence-electron chi connectivity index (χ3n) is 3.78. The van der Waals surface area contributed by atoms with E-state index in [1.165, 1.54) is 0 Å². The lowest BCUT2D eigenvalue weighted by atomic mass is 10.2. The van der Waals surface area contributed by atoms with E-state index in [0.717, 1.165) is 36.6 Å². The van der Waals surface area contributed by atoms with Crippen LogP contribution >= 0.6 is 0 Å². The number of ether oxygens (including phenoxy) is 1. The zero-order chi connectivity index (χ0) is 15.4. The molecule has 6 heteroatoms. The number of anilines is 1. The van der Waals surface area contributed by atoms with E-state index in [0.29, 0.717) is 19.2 Å². The van der Waals surface area contributed by atoms with Crippen LogP contribution in [0.4, 0.5) is 5.69 Å². The molecule has 2 unspecified atom stereocenters. The second kappa shape index (κ2) is 6.79. The molecule has 2 atom stereocenters. The fourth-order valence-corrected chi connectivity index (χ4v) is 2.61. The van der Waals surface area contributed by atoms with Crippen molar-refractivity contribution >= 4 is 17.6 Å². The van der Waals surface area contributed by atoms with Crippen LogP contribution in [0.1, 0.15) is 25.3 Å². The number of amides is 1. The first-order valence-corrected chi connectivity index (χ1v) is 7.77. The van der Waals surface area contributed by atoms with E-state index in [2.05, 4.69) is 27.9 Å². The van der Waals surface area contributed by atoms with Crippen molar-refractivity contribution in [1.29, 1.82) is 0 Å². The van der Waals surface area contributed by atoms with E-state index in [9.17, 15) is 4.79 Å². The third-order valence-corrected chi connectivity index (χ3v) is 3.78. The molecule has 22 heavy (non-hydrogen) atoms. The van der Waals surface area contributed by atoms with Crippen molar-refractivity contribution in [2.24, 2.45) is 4.99 Å². The summed E-state index contributed by atoms with van der Waals surface area (Å²) < 4.78 is 5.39. The Morgan fingerprint density at radius 2 is 2.41 bits per heavy atom. The number of nitrogens with one attached hydrogen (secondary N) is 3. The molecule has 0 saturated carbocycles. The van der Waals surface area contributed by atoms with E-state index in [4.69, 9.17) is 4.74 Å². The van der Waals surface area contributed by atoms with Gasteiger partial charge in [0.1, 0.15) is 6.10 Å². The van der Waals surface area contributed by atoms with Gasteiger partial charge in [-0.2, -0.15) is 0 Å². The van der Waals surface area contributed by atoms with Gasteiger partial charge in [-0.3, -0.25) is 9.79 Å². The normalized spacial score (nSPS) is 23.8. The van der Waals surface area contributed by atoms with E-state index < -0.39 is 0 Å². The molecule has 0 aliphatic carbocycles. The molecule has 3 N–H and O–H groups in total. The highest BCUT2D eigenvalue weighted by Gasteiger charge is 2.23. The van der Waals surface area contributed by atoms with Gasteiger partial charge in [0, 0.05) is 24.9 Å². The molecule has 2 aliphatic rings. The van der Waals surface area contributed by atoms with E-state index in [1.807, 2.05) is 24.3 Å². The molecule has 1 aromatic carbocycles. The summed E-state index contributed by atoms with van der Waals surface area (Å²) in [5.74, 6) is 0.777. The third kappa shape index (κ3) is 3.76. The topological polar surface area (TPSA) is 74.8 Å². The highest BCUT2D eigenvalue weighted by atomic mass is 16.5. The van der Waals surface area contributed by atoms with Gasteiger partial charge in [0.05, 0.1) is 6.54 Å². The Morgan fingerprint density at radius 1 is 1.50 bits per heavy atom. The number of nitrogens with zero attached hydrogens (tertiary/aromatic N) is 1. The summed E-state index contributed by atoms with van der Waals surface area (Å²) in [6.07, 6.45) is 1.45. The highest BCUT2D eigenvalue weighted by molar-refractivity contribution is 5.94. The van der Waals surface area contributed by atoms with Gasteiger partial charge in [0.25, 0.3) is 5.91 Å². The van der Waals surface area contributed by atoms with E-state index >= 15 is 0 Å². The molecule has 2 heterocycles. The molecule has 0 radical (unpaired) electrons.